The third kappa shape index (κ3) is 5.04. The molecule has 1 aliphatic heterocycles. The number of hydrogen-bond acceptors (Lipinski definition) is 3. The van der Waals surface area contributed by atoms with Gasteiger partial charge in [-0.25, -0.2) is 0 Å². The van der Waals surface area contributed by atoms with E-state index in [0.29, 0.717) is 0 Å². The van der Waals surface area contributed by atoms with E-state index in [2.05, 4.69) is 24.1 Å². The van der Waals surface area contributed by atoms with E-state index in [-0.39, 0.29) is 11.9 Å². The molecule has 0 aromatic rings. The first-order chi connectivity index (χ1) is 8.02. The molecule has 1 saturated heterocycles. The maximum Gasteiger partial charge on any atom is 0.234 e. The number of rotatable bonds is 6. The van der Waals surface area contributed by atoms with Crippen LogP contribution in [0.2, 0.25) is 0 Å². The smallest absolute Gasteiger partial charge is 0.234 e. The summed E-state index contributed by atoms with van der Waals surface area (Å²) < 4.78 is 0. The van der Waals surface area contributed by atoms with Gasteiger partial charge in [0, 0.05) is 19.6 Å². The van der Waals surface area contributed by atoms with Crippen LogP contribution < -0.4 is 11.1 Å². The van der Waals surface area contributed by atoms with Crippen LogP contribution in [0.4, 0.5) is 0 Å². The summed E-state index contributed by atoms with van der Waals surface area (Å²) >= 11 is 0. The van der Waals surface area contributed by atoms with Crippen molar-refractivity contribution in [2.24, 2.45) is 17.6 Å². The number of likely N-dealkylation sites (tertiary alicyclic amines) is 1. The first-order valence-electron chi connectivity index (χ1n) is 6.78. The Kier molecular flexibility index (Phi) is 5.92. The van der Waals surface area contributed by atoms with Gasteiger partial charge in [0.1, 0.15) is 0 Å². The van der Waals surface area contributed by atoms with E-state index in [1.165, 1.54) is 6.42 Å². The Bertz CT molecular complexity index is 235. The van der Waals surface area contributed by atoms with Gasteiger partial charge in [0.25, 0.3) is 0 Å². The van der Waals surface area contributed by atoms with Crippen LogP contribution in [-0.4, -0.2) is 43.0 Å². The van der Waals surface area contributed by atoms with Crippen molar-refractivity contribution in [1.29, 1.82) is 0 Å². The molecule has 1 aliphatic rings. The second kappa shape index (κ2) is 6.97. The summed E-state index contributed by atoms with van der Waals surface area (Å²) in [5.41, 5.74) is 5.37. The summed E-state index contributed by atoms with van der Waals surface area (Å²) in [7, 11) is 0. The van der Waals surface area contributed by atoms with E-state index in [9.17, 15) is 4.79 Å². The number of piperidine rings is 1. The van der Waals surface area contributed by atoms with Gasteiger partial charge in [-0.2, -0.15) is 0 Å². The van der Waals surface area contributed by atoms with E-state index in [0.717, 1.165) is 44.4 Å². The number of nitrogens with two attached hydrogens (primary N) is 1. The third-order valence-corrected chi connectivity index (χ3v) is 3.47. The lowest BCUT2D eigenvalue weighted by molar-refractivity contribution is -0.120. The van der Waals surface area contributed by atoms with Crippen molar-refractivity contribution in [1.82, 2.24) is 10.2 Å². The van der Waals surface area contributed by atoms with Crippen molar-refractivity contribution in [2.75, 3.05) is 26.2 Å². The lowest BCUT2D eigenvalue weighted by atomic mass is 9.91. The number of nitrogens with one attached hydrogen (secondary N) is 1. The molecular formula is C13H27N3O. The molecule has 0 bridgehead atoms. The zero-order valence-corrected chi connectivity index (χ0v) is 11.4. The van der Waals surface area contributed by atoms with E-state index < -0.39 is 0 Å². The highest BCUT2D eigenvalue weighted by Gasteiger charge is 2.23. The number of likely N-dealkylation sites (N-methyl/N-ethyl adjacent to an activating group) is 1. The van der Waals surface area contributed by atoms with Crippen LogP contribution in [-0.2, 0) is 4.79 Å². The molecule has 0 aromatic heterocycles. The molecule has 100 valence electrons. The zero-order valence-electron chi connectivity index (χ0n) is 11.4. The number of nitrogens with zero attached hydrogens (tertiary/aromatic N) is 1. The minimum atomic E-state index is -0.232. The standard InChI is InChI=1S/C13H27N3O/c1-4-15-12(13(14)17)5-6-16-8-10(2)7-11(3)9-16/h10-12,15H,4-9H2,1-3H3,(H2,14,17). The van der Waals surface area contributed by atoms with Crippen molar-refractivity contribution in [3.8, 4) is 0 Å². The fraction of sp³-hybridized carbons (Fsp3) is 0.923. The molecule has 0 saturated carbocycles. The van der Waals surface area contributed by atoms with Gasteiger partial charge in [-0.3, -0.25) is 4.79 Å². The molecule has 0 spiro atoms. The first-order valence-corrected chi connectivity index (χ1v) is 6.78. The number of carbonyl (C=O) groups is 1. The lowest BCUT2D eigenvalue weighted by Gasteiger charge is -2.35. The van der Waals surface area contributed by atoms with Gasteiger partial charge in [0.2, 0.25) is 5.91 Å². The number of primary amides is 1. The fourth-order valence-corrected chi connectivity index (χ4v) is 2.88. The Hall–Kier alpha value is -0.610. The molecule has 4 nitrogen and oxygen atoms in total. The quantitative estimate of drug-likeness (QED) is 0.724. The van der Waals surface area contributed by atoms with Crippen LogP contribution in [0.15, 0.2) is 0 Å². The highest BCUT2D eigenvalue weighted by Crippen LogP contribution is 2.20. The predicted octanol–water partition coefficient (Wildman–Crippen LogP) is 0.818. The van der Waals surface area contributed by atoms with E-state index in [1.54, 1.807) is 0 Å². The Morgan fingerprint density at radius 3 is 2.47 bits per heavy atom. The maximum atomic E-state index is 11.2. The van der Waals surface area contributed by atoms with Crippen LogP contribution in [0.3, 0.4) is 0 Å². The normalized spacial score (nSPS) is 27.9. The fourth-order valence-electron chi connectivity index (χ4n) is 2.88. The zero-order chi connectivity index (χ0) is 12.8. The Morgan fingerprint density at radius 2 is 2.00 bits per heavy atom. The van der Waals surface area contributed by atoms with Crippen LogP contribution in [0.25, 0.3) is 0 Å². The second-order valence-corrected chi connectivity index (χ2v) is 5.51. The topological polar surface area (TPSA) is 58.4 Å². The molecule has 3 N–H and O–H groups in total. The molecule has 4 heteroatoms. The molecule has 1 rings (SSSR count). The highest BCUT2D eigenvalue weighted by molar-refractivity contribution is 5.79. The van der Waals surface area contributed by atoms with E-state index >= 15 is 0 Å². The molecule has 0 aromatic carbocycles. The van der Waals surface area contributed by atoms with Crippen molar-refractivity contribution in [3.63, 3.8) is 0 Å². The predicted molar refractivity (Wildman–Crippen MR) is 70.7 cm³/mol. The minimum Gasteiger partial charge on any atom is -0.368 e. The highest BCUT2D eigenvalue weighted by atomic mass is 16.1. The summed E-state index contributed by atoms with van der Waals surface area (Å²) in [5.74, 6) is 1.31. The molecule has 1 fully saturated rings. The van der Waals surface area contributed by atoms with Gasteiger partial charge in [-0.15, -0.1) is 0 Å². The maximum absolute atomic E-state index is 11.2. The number of amides is 1. The summed E-state index contributed by atoms with van der Waals surface area (Å²) in [6, 6.07) is -0.174. The van der Waals surface area contributed by atoms with Crippen molar-refractivity contribution in [3.05, 3.63) is 0 Å². The largest absolute Gasteiger partial charge is 0.368 e. The second-order valence-electron chi connectivity index (χ2n) is 5.51. The summed E-state index contributed by atoms with van der Waals surface area (Å²) in [6.07, 6.45) is 2.14. The van der Waals surface area contributed by atoms with Crippen molar-refractivity contribution >= 4 is 5.91 Å². The van der Waals surface area contributed by atoms with E-state index in [1.807, 2.05) is 6.92 Å². The summed E-state index contributed by atoms with van der Waals surface area (Å²) in [6.45, 7) is 10.7. The van der Waals surface area contributed by atoms with Gasteiger partial charge >= 0.3 is 0 Å². The number of hydrogen-bond donors (Lipinski definition) is 2. The Balaban J connectivity index is 2.35. The van der Waals surface area contributed by atoms with Crippen LogP contribution in [0, 0.1) is 11.8 Å². The molecule has 3 unspecified atom stereocenters. The van der Waals surface area contributed by atoms with Crippen LogP contribution in [0.1, 0.15) is 33.6 Å². The van der Waals surface area contributed by atoms with Crippen molar-refractivity contribution < 1.29 is 4.79 Å². The Labute approximate surface area is 105 Å². The SMILES string of the molecule is CCNC(CCN1CC(C)CC(C)C1)C(N)=O. The van der Waals surface area contributed by atoms with Crippen LogP contribution >= 0.6 is 0 Å². The van der Waals surface area contributed by atoms with Gasteiger partial charge in [-0.1, -0.05) is 20.8 Å². The first kappa shape index (κ1) is 14.5. The molecule has 1 amide bonds. The third-order valence-electron chi connectivity index (χ3n) is 3.47. The van der Waals surface area contributed by atoms with Gasteiger partial charge in [-0.05, 0) is 31.2 Å². The monoisotopic (exact) mass is 241 g/mol. The molecule has 0 radical (unpaired) electrons. The molecule has 3 atom stereocenters. The van der Waals surface area contributed by atoms with E-state index in [4.69, 9.17) is 5.73 Å². The average Bonchev–Trinajstić information content (AvgIpc) is 2.22. The van der Waals surface area contributed by atoms with Gasteiger partial charge < -0.3 is 16.0 Å². The lowest BCUT2D eigenvalue weighted by Crippen LogP contribution is -2.45. The van der Waals surface area contributed by atoms with Gasteiger partial charge in [0.15, 0.2) is 0 Å². The molecule has 0 aliphatic carbocycles. The van der Waals surface area contributed by atoms with Gasteiger partial charge in [0.05, 0.1) is 6.04 Å². The molecule has 17 heavy (non-hydrogen) atoms. The minimum absolute atomic E-state index is 0.174. The van der Waals surface area contributed by atoms with Crippen LogP contribution in [0.5, 0.6) is 0 Å². The number of carbonyl (C=O) groups excluding carboxylic acids is 1. The summed E-state index contributed by atoms with van der Waals surface area (Å²) in [5, 5.41) is 3.14. The molecule has 1 heterocycles. The Morgan fingerprint density at radius 1 is 1.41 bits per heavy atom. The summed E-state index contributed by atoms with van der Waals surface area (Å²) in [4.78, 5) is 13.7. The van der Waals surface area contributed by atoms with Crippen molar-refractivity contribution in [2.45, 2.75) is 39.7 Å². The average molecular weight is 241 g/mol. The molecular weight excluding hydrogens is 214 g/mol.